The van der Waals surface area contributed by atoms with Crippen LogP contribution < -0.4 is 9.46 Å². The number of carbonyl (C=O) groups excluding carboxylic acids is 1. The van der Waals surface area contributed by atoms with Crippen molar-refractivity contribution in [2.45, 2.75) is 37.3 Å². The fourth-order valence-corrected chi connectivity index (χ4v) is 4.88. The molecule has 3 rings (SSSR count). The predicted octanol–water partition coefficient (Wildman–Crippen LogP) is 3.28. The molecule has 0 aromatic carbocycles. The Labute approximate surface area is 206 Å². The number of hydrogen-bond acceptors (Lipinski definition) is 7. The van der Waals surface area contributed by atoms with Gasteiger partial charge in [0.15, 0.2) is 5.82 Å². The highest BCUT2D eigenvalue weighted by Crippen LogP contribution is 2.52. The maximum atomic E-state index is 12.6. The molecule has 0 aliphatic carbocycles. The van der Waals surface area contributed by atoms with Gasteiger partial charge in [-0.1, -0.05) is 32.4 Å². The maximum absolute atomic E-state index is 12.6. The zero-order valence-corrected chi connectivity index (χ0v) is 22.5. The summed E-state index contributed by atoms with van der Waals surface area (Å²) in [5, 5.41) is 8.20. The Morgan fingerprint density at radius 1 is 1.18 bits per heavy atom. The van der Waals surface area contributed by atoms with Gasteiger partial charge in [-0.15, -0.1) is 5.10 Å². The number of sulfonamides is 1. The minimum Gasteiger partial charge on any atom is -0.467 e. The first-order valence-electron chi connectivity index (χ1n) is 10.2. The van der Waals surface area contributed by atoms with E-state index in [1.807, 2.05) is 4.72 Å². The van der Waals surface area contributed by atoms with Crippen LogP contribution in [0.15, 0.2) is 35.5 Å². The summed E-state index contributed by atoms with van der Waals surface area (Å²) in [5.41, 5.74) is 0.182. The van der Waals surface area contributed by atoms with E-state index in [0.29, 0.717) is 17.6 Å². The first-order chi connectivity index (χ1) is 15.6. The molecule has 10 nitrogen and oxygen atoms in total. The summed E-state index contributed by atoms with van der Waals surface area (Å²) in [7, 11) is -3.55. The fraction of sp³-hybridized carbons (Fsp3) is 0.429. The smallest absolute Gasteiger partial charge is 0.268 e. The zero-order valence-electron chi connectivity index (χ0n) is 20.2. The van der Waals surface area contributed by atoms with Crippen LogP contribution in [-0.2, 0) is 17.1 Å². The molecule has 0 aliphatic heterocycles. The van der Waals surface area contributed by atoms with Gasteiger partial charge < -0.3 is 4.74 Å². The van der Waals surface area contributed by atoms with E-state index < -0.39 is 26.0 Å². The number of rotatable bonds is 7. The van der Waals surface area contributed by atoms with Gasteiger partial charge in [0.25, 0.3) is 15.9 Å². The van der Waals surface area contributed by atoms with Crippen molar-refractivity contribution in [2.24, 2.45) is 7.05 Å². The second-order valence-corrected chi connectivity index (χ2v) is 15.8. The molecule has 0 unspecified atom stereocenters. The summed E-state index contributed by atoms with van der Waals surface area (Å²) in [6.45, 7) is 8.11. The molecule has 0 spiro atoms. The molecular weight excluding hydrogens is 500 g/mol. The molecule has 34 heavy (non-hydrogen) atoms. The number of aryl methyl sites for hydroxylation is 2. The van der Waals surface area contributed by atoms with Gasteiger partial charge >= 0.3 is 0 Å². The first-order valence-corrected chi connectivity index (χ1v) is 14.7. The van der Waals surface area contributed by atoms with Gasteiger partial charge in [-0.3, -0.25) is 9.48 Å². The SMILES string of the molecule is Cc1nn(C)cc1S(=O)(=O)NC(=O)c1ccc(-n2ccc(OCS(C)(C)C(C)(C)C)n2)nc1Cl. The second-order valence-electron chi connectivity index (χ2n) is 9.21. The molecule has 3 aromatic rings. The van der Waals surface area contributed by atoms with Crippen molar-refractivity contribution >= 4 is 37.6 Å². The molecule has 186 valence electrons. The molecule has 3 aromatic heterocycles. The second kappa shape index (κ2) is 9.23. The number of nitrogens with zero attached hydrogens (tertiary/aromatic N) is 5. The highest BCUT2D eigenvalue weighted by atomic mass is 35.5. The van der Waals surface area contributed by atoms with Gasteiger partial charge in [-0.25, -0.2) is 32.8 Å². The summed E-state index contributed by atoms with van der Waals surface area (Å²) in [4.78, 5) is 16.7. The first kappa shape index (κ1) is 26.0. The average molecular weight is 529 g/mol. The predicted molar refractivity (Wildman–Crippen MR) is 134 cm³/mol. The van der Waals surface area contributed by atoms with Crippen molar-refractivity contribution in [3.05, 3.63) is 47.0 Å². The van der Waals surface area contributed by atoms with Crippen molar-refractivity contribution in [1.29, 1.82) is 0 Å². The lowest BCUT2D eigenvalue weighted by atomic mass is 10.3. The van der Waals surface area contributed by atoms with Crippen molar-refractivity contribution < 1.29 is 17.9 Å². The molecule has 1 amide bonds. The molecule has 1 N–H and O–H groups in total. The Hall–Kier alpha value is -2.57. The topological polar surface area (TPSA) is 121 Å². The van der Waals surface area contributed by atoms with Crippen LogP contribution in [0.1, 0.15) is 36.8 Å². The molecule has 0 fully saturated rings. The Morgan fingerprint density at radius 3 is 2.41 bits per heavy atom. The Kier molecular flexibility index (Phi) is 7.07. The lowest BCUT2D eigenvalue weighted by Crippen LogP contribution is -2.31. The van der Waals surface area contributed by atoms with Crippen LogP contribution in [0.3, 0.4) is 0 Å². The van der Waals surface area contributed by atoms with E-state index in [2.05, 4.69) is 48.5 Å². The Balaban J connectivity index is 1.74. The number of nitrogens with one attached hydrogen (secondary N) is 1. The third kappa shape index (κ3) is 5.56. The molecule has 0 atom stereocenters. The van der Waals surface area contributed by atoms with E-state index in [0.717, 1.165) is 0 Å². The van der Waals surface area contributed by atoms with Crippen molar-refractivity contribution in [3.8, 4) is 11.7 Å². The standard InChI is InChI=1S/C21H29ClN6O4S2/c1-14-16(12-27(5)24-14)34(30,31)26-20(29)15-8-9-17(23-19(15)22)28-11-10-18(25-28)32-13-33(6,7)21(2,3)4/h8-12H,13H2,1-7H3,(H,26,29). The number of halogens is 1. The van der Waals surface area contributed by atoms with E-state index in [1.165, 1.54) is 34.6 Å². The quantitative estimate of drug-likeness (QED) is 0.467. The van der Waals surface area contributed by atoms with Crippen LogP contribution >= 0.6 is 21.6 Å². The van der Waals surface area contributed by atoms with E-state index >= 15 is 0 Å². The molecule has 0 saturated heterocycles. The van der Waals surface area contributed by atoms with Gasteiger partial charge in [0.05, 0.1) is 11.3 Å². The average Bonchev–Trinajstić information content (AvgIpc) is 3.31. The van der Waals surface area contributed by atoms with Crippen LogP contribution in [-0.4, -0.2) is 62.1 Å². The molecule has 13 heteroatoms. The third-order valence-electron chi connectivity index (χ3n) is 5.52. The number of carbonyl (C=O) groups is 1. The largest absolute Gasteiger partial charge is 0.467 e. The number of pyridine rings is 1. The van der Waals surface area contributed by atoms with Crippen LogP contribution in [0.25, 0.3) is 5.82 Å². The number of aromatic nitrogens is 5. The van der Waals surface area contributed by atoms with E-state index in [9.17, 15) is 13.2 Å². The summed E-state index contributed by atoms with van der Waals surface area (Å²) in [6, 6.07) is 4.63. The van der Waals surface area contributed by atoms with Crippen molar-refractivity contribution in [2.75, 3.05) is 18.5 Å². The molecule has 3 heterocycles. The molecule has 0 saturated carbocycles. The van der Waals surface area contributed by atoms with Gasteiger partial charge in [0.2, 0.25) is 5.88 Å². The Morgan fingerprint density at radius 2 is 1.85 bits per heavy atom. The van der Waals surface area contributed by atoms with Crippen LogP contribution in [0, 0.1) is 6.92 Å². The normalized spacial score (nSPS) is 13.1. The van der Waals surface area contributed by atoms with E-state index in [1.54, 1.807) is 19.3 Å². The van der Waals surface area contributed by atoms with Gasteiger partial charge in [0, 0.05) is 25.5 Å². The van der Waals surface area contributed by atoms with E-state index in [4.69, 9.17) is 16.3 Å². The summed E-state index contributed by atoms with van der Waals surface area (Å²) in [6.07, 6.45) is 7.41. The highest BCUT2D eigenvalue weighted by molar-refractivity contribution is 8.33. The number of hydrogen-bond donors (Lipinski definition) is 1. The number of amides is 1. The molecule has 0 aliphatic rings. The zero-order chi connectivity index (χ0) is 25.5. The summed E-state index contributed by atoms with van der Waals surface area (Å²) in [5.74, 6) is 0.461. The molecular formula is C21H29ClN6O4S2. The van der Waals surface area contributed by atoms with E-state index in [-0.39, 0.29) is 26.1 Å². The lowest BCUT2D eigenvalue weighted by molar-refractivity contribution is 0.0981. The van der Waals surface area contributed by atoms with Crippen molar-refractivity contribution in [1.82, 2.24) is 29.3 Å². The monoisotopic (exact) mass is 528 g/mol. The molecule has 0 radical (unpaired) electrons. The minimum atomic E-state index is -4.12. The molecule has 0 bridgehead atoms. The van der Waals surface area contributed by atoms with Crippen LogP contribution in [0.2, 0.25) is 5.15 Å². The van der Waals surface area contributed by atoms with Crippen molar-refractivity contribution in [3.63, 3.8) is 0 Å². The Bertz CT molecular complexity index is 1330. The highest BCUT2D eigenvalue weighted by Gasteiger charge is 2.29. The summed E-state index contributed by atoms with van der Waals surface area (Å²) >= 11 is 6.21. The third-order valence-corrected chi connectivity index (χ3v) is 11.3. The maximum Gasteiger partial charge on any atom is 0.268 e. The van der Waals surface area contributed by atoms with Gasteiger partial charge in [0.1, 0.15) is 16.0 Å². The van der Waals surface area contributed by atoms with Crippen LogP contribution in [0.5, 0.6) is 5.88 Å². The fourth-order valence-electron chi connectivity index (χ4n) is 2.69. The van der Waals surface area contributed by atoms with Gasteiger partial charge in [-0.2, -0.15) is 5.10 Å². The van der Waals surface area contributed by atoms with Crippen LogP contribution in [0.4, 0.5) is 0 Å². The number of ether oxygens (including phenoxy) is 1. The minimum absolute atomic E-state index is 0.0882. The summed E-state index contributed by atoms with van der Waals surface area (Å²) < 4.78 is 36.0. The lowest BCUT2D eigenvalue weighted by Gasteiger charge is -2.43. The van der Waals surface area contributed by atoms with Gasteiger partial charge in [-0.05, 0) is 36.3 Å².